The molecule has 0 radical (unpaired) electrons. The molecule has 3 N–H and O–H groups in total. The van der Waals surface area contributed by atoms with Crippen LogP contribution in [0.15, 0.2) is 43.7 Å². The number of halogens is 4. The Labute approximate surface area is 262 Å². The number of phosphoric acid groups is 1. The number of phosphoric ester groups is 1. The van der Waals surface area contributed by atoms with Crippen molar-refractivity contribution in [1.82, 2.24) is 24.0 Å². The van der Waals surface area contributed by atoms with Crippen molar-refractivity contribution < 1.29 is 55.0 Å². The quantitative estimate of drug-likeness (QED) is 0.174. The molecular formula is C25H34F4N5O12P. The molecule has 0 aliphatic carbocycles. The van der Waals surface area contributed by atoms with Gasteiger partial charge in [0.25, 0.3) is 11.1 Å². The molecule has 0 spiro atoms. The fourth-order valence-electron chi connectivity index (χ4n) is 5.65. The second-order valence-corrected chi connectivity index (χ2v) is 12.3. The van der Waals surface area contributed by atoms with Gasteiger partial charge in [0.1, 0.15) is 18.3 Å². The van der Waals surface area contributed by atoms with Crippen LogP contribution in [0.25, 0.3) is 0 Å². The van der Waals surface area contributed by atoms with Gasteiger partial charge < -0.3 is 23.8 Å². The summed E-state index contributed by atoms with van der Waals surface area (Å²) in [5.41, 5.74) is -3.40. The summed E-state index contributed by atoms with van der Waals surface area (Å²) in [7, 11) is -1.51. The largest absolute Gasteiger partial charge is 0.472 e. The first kappa shape index (κ1) is 36.8. The number of methoxy groups -OCH3 is 2. The van der Waals surface area contributed by atoms with Crippen LogP contribution in [-0.4, -0.2) is 113 Å². The van der Waals surface area contributed by atoms with E-state index >= 15 is 4.39 Å². The van der Waals surface area contributed by atoms with Crippen molar-refractivity contribution in [3.63, 3.8) is 0 Å². The number of aromatic amines is 2. The molecule has 2 aliphatic heterocycles. The van der Waals surface area contributed by atoms with E-state index < -0.39 is 105 Å². The van der Waals surface area contributed by atoms with Gasteiger partial charge in [-0.25, -0.2) is 18.5 Å². The SMILES string of the molecule is COC[C@H]1O[C@@H](n2ccc(=O)[nH]c2=O)[C@H](F)[C@@H]1CCN(C[C@H]1O[C@@H](n2ccc(=O)[nH]c2=O)[C@H](OC)[C@@H]1OP(=O)(O)OC)CC(F)(F)F. The Morgan fingerprint density at radius 2 is 1.53 bits per heavy atom. The number of hydrogen-bond acceptors (Lipinski definition) is 12. The van der Waals surface area contributed by atoms with Gasteiger partial charge in [0.05, 0.1) is 19.3 Å². The molecule has 0 bridgehead atoms. The number of aromatic nitrogens is 4. The summed E-state index contributed by atoms with van der Waals surface area (Å²) in [6, 6.07) is 1.96. The maximum Gasteiger partial charge on any atom is 0.472 e. The molecule has 22 heteroatoms. The minimum absolute atomic E-state index is 0.172. The third kappa shape index (κ3) is 8.92. The van der Waals surface area contributed by atoms with Crippen LogP contribution in [0.2, 0.25) is 0 Å². The van der Waals surface area contributed by atoms with Gasteiger partial charge in [-0.15, -0.1) is 0 Å². The summed E-state index contributed by atoms with van der Waals surface area (Å²) in [4.78, 5) is 62.8. The van der Waals surface area contributed by atoms with Crippen molar-refractivity contribution in [3.05, 3.63) is 66.2 Å². The zero-order chi connectivity index (χ0) is 34.7. The lowest BCUT2D eigenvalue weighted by molar-refractivity contribution is -0.152. The van der Waals surface area contributed by atoms with Crippen LogP contribution in [0, 0.1) is 5.92 Å². The molecule has 0 aromatic carbocycles. The van der Waals surface area contributed by atoms with E-state index in [4.69, 9.17) is 23.5 Å². The smallest absolute Gasteiger partial charge is 0.382 e. The average molecular weight is 704 g/mol. The Hall–Kier alpha value is -3.01. The average Bonchev–Trinajstić information content (AvgIpc) is 3.46. The topological polar surface area (TPSA) is 206 Å². The molecule has 17 nitrogen and oxygen atoms in total. The van der Waals surface area contributed by atoms with Crippen LogP contribution < -0.4 is 22.5 Å². The van der Waals surface area contributed by atoms with Gasteiger partial charge in [-0.2, -0.15) is 13.2 Å². The van der Waals surface area contributed by atoms with Crippen LogP contribution in [-0.2, 0) is 32.6 Å². The van der Waals surface area contributed by atoms with Crippen molar-refractivity contribution in [3.8, 4) is 0 Å². The lowest BCUT2D eigenvalue weighted by atomic mass is 9.95. The monoisotopic (exact) mass is 703 g/mol. The van der Waals surface area contributed by atoms with Gasteiger partial charge in [0, 0.05) is 58.3 Å². The summed E-state index contributed by atoms with van der Waals surface area (Å²) in [5, 5.41) is 0. The summed E-state index contributed by atoms with van der Waals surface area (Å²) < 4.78 is 103. The summed E-state index contributed by atoms with van der Waals surface area (Å²) in [6.07, 6.45) is -13.2. The second kappa shape index (κ2) is 15.0. The van der Waals surface area contributed by atoms with Gasteiger partial charge >= 0.3 is 25.4 Å². The lowest BCUT2D eigenvalue weighted by Gasteiger charge is -2.30. The highest BCUT2D eigenvalue weighted by atomic mass is 31.2. The second-order valence-electron chi connectivity index (χ2n) is 10.8. The lowest BCUT2D eigenvalue weighted by Crippen LogP contribution is -2.46. The molecule has 2 saturated heterocycles. The van der Waals surface area contributed by atoms with Gasteiger partial charge in [0.2, 0.25) is 0 Å². The minimum Gasteiger partial charge on any atom is -0.382 e. The van der Waals surface area contributed by atoms with Gasteiger partial charge in [0.15, 0.2) is 18.6 Å². The number of nitrogens with zero attached hydrogens (tertiary/aromatic N) is 3. The number of ether oxygens (including phenoxy) is 4. The molecule has 2 aromatic heterocycles. The zero-order valence-corrected chi connectivity index (χ0v) is 26.1. The molecule has 1 unspecified atom stereocenters. The van der Waals surface area contributed by atoms with Gasteiger partial charge in [-0.1, -0.05) is 0 Å². The fraction of sp³-hybridized carbons (Fsp3) is 0.680. The van der Waals surface area contributed by atoms with Gasteiger partial charge in [-0.3, -0.25) is 42.6 Å². The number of H-pyrrole nitrogens is 2. The normalized spacial score (nSPS) is 29.4. The summed E-state index contributed by atoms with van der Waals surface area (Å²) >= 11 is 0. The Morgan fingerprint density at radius 1 is 0.957 bits per heavy atom. The van der Waals surface area contributed by atoms with E-state index in [0.29, 0.717) is 0 Å². The molecule has 0 amide bonds. The summed E-state index contributed by atoms with van der Waals surface area (Å²) in [5.74, 6) is -1.09. The fourth-order valence-corrected chi connectivity index (χ4v) is 6.30. The van der Waals surface area contributed by atoms with E-state index in [0.717, 1.165) is 52.8 Å². The standard InChI is InChI=1S/C25H34F4N5O12P/c1-41-11-15-13(18(26)21(45-15)33-8-5-16(35)30-23(33)37)4-7-32(12-25(27,28)29)10-14-19(46-47(39,40)43-3)20(42-2)22(44-14)34-9-6-17(36)31-24(34)38/h5-6,8-9,13-15,18-22H,4,7,10-12H2,1-3H3,(H,39,40)(H,30,35,37)(H,31,36,38)/t13-,14-,15-,18-,19-,20-,21-,22-/m1/s1. The number of rotatable bonds is 14. The number of hydrogen-bond donors (Lipinski definition) is 3. The van der Waals surface area contributed by atoms with E-state index in [1.807, 2.05) is 9.97 Å². The highest BCUT2D eigenvalue weighted by Gasteiger charge is 2.51. The summed E-state index contributed by atoms with van der Waals surface area (Å²) in [6.45, 7) is -2.78. The maximum atomic E-state index is 15.8. The molecule has 2 aliphatic rings. The molecule has 4 rings (SSSR count). The Morgan fingerprint density at radius 3 is 2.04 bits per heavy atom. The van der Waals surface area contributed by atoms with Crippen molar-refractivity contribution in [2.45, 2.75) is 55.6 Å². The molecule has 9 atom stereocenters. The number of nitrogens with one attached hydrogen (secondary N) is 2. The minimum atomic E-state index is -4.81. The molecule has 4 heterocycles. The van der Waals surface area contributed by atoms with Gasteiger partial charge in [-0.05, 0) is 13.0 Å². The first-order chi connectivity index (χ1) is 22.1. The van der Waals surface area contributed by atoms with Crippen LogP contribution in [0.5, 0.6) is 0 Å². The van der Waals surface area contributed by atoms with E-state index in [1.165, 1.54) is 7.11 Å². The van der Waals surface area contributed by atoms with Crippen LogP contribution in [0.1, 0.15) is 18.9 Å². The first-order valence-corrected chi connectivity index (χ1v) is 15.5. The Bertz CT molecular complexity index is 1650. The highest BCUT2D eigenvalue weighted by molar-refractivity contribution is 7.47. The Balaban J connectivity index is 1.61. The molecule has 264 valence electrons. The van der Waals surface area contributed by atoms with E-state index in [9.17, 15) is 41.8 Å². The third-order valence-electron chi connectivity index (χ3n) is 7.72. The molecular weight excluding hydrogens is 669 g/mol. The predicted octanol–water partition coefficient (Wildman–Crippen LogP) is -0.116. The predicted molar refractivity (Wildman–Crippen MR) is 150 cm³/mol. The zero-order valence-electron chi connectivity index (χ0n) is 25.2. The van der Waals surface area contributed by atoms with E-state index in [2.05, 4.69) is 4.52 Å². The van der Waals surface area contributed by atoms with E-state index in [-0.39, 0.29) is 13.0 Å². The van der Waals surface area contributed by atoms with Crippen LogP contribution in [0.4, 0.5) is 17.6 Å². The van der Waals surface area contributed by atoms with Crippen molar-refractivity contribution in [1.29, 1.82) is 0 Å². The van der Waals surface area contributed by atoms with Crippen molar-refractivity contribution >= 4 is 7.82 Å². The molecule has 2 aromatic rings. The van der Waals surface area contributed by atoms with Crippen molar-refractivity contribution in [2.75, 3.05) is 47.6 Å². The van der Waals surface area contributed by atoms with Crippen LogP contribution >= 0.6 is 7.82 Å². The van der Waals surface area contributed by atoms with E-state index in [1.54, 1.807) is 0 Å². The maximum absolute atomic E-state index is 15.8. The van der Waals surface area contributed by atoms with Crippen molar-refractivity contribution in [2.24, 2.45) is 5.92 Å². The Kier molecular flexibility index (Phi) is 11.8. The highest BCUT2D eigenvalue weighted by Crippen LogP contribution is 2.48. The third-order valence-corrected chi connectivity index (χ3v) is 8.69. The van der Waals surface area contributed by atoms with Crippen LogP contribution in [0.3, 0.4) is 0 Å². The molecule has 47 heavy (non-hydrogen) atoms. The first-order valence-electron chi connectivity index (χ1n) is 14.0. The molecule has 0 saturated carbocycles. The number of alkyl halides is 4. The molecule has 2 fully saturated rings.